The fraction of sp³-hybridized carbons (Fsp3) is 0.406. The molecule has 1 aliphatic rings. The Kier molecular flexibility index (Phi) is 10.8. The number of aryl methyl sites for hydroxylation is 2. The number of aromatic nitrogens is 1. The Balaban J connectivity index is 1.46. The van der Waals surface area contributed by atoms with Crippen molar-refractivity contribution in [3.63, 3.8) is 0 Å². The number of piperidine rings is 1. The first-order chi connectivity index (χ1) is 21.1. The Morgan fingerprint density at radius 2 is 1.75 bits per heavy atom. The van der Waals surface area contributed by atoms with Crippen LogP contribution in [0.2, 0.25) is 0 Å². The van der Waals surface area contributed by atoms with E-state index in [1.807, 2.05) is 13.0 Å². The third-order valence-electron chi connectivity index (χ3n) is 7.73. The van der Waals surface area contributed by atoms with Crippen molar-refractivity contribution in [1.29, 1.82) is 0 Å². The Hall–Kier alpha value is -4.16. The molecule has 1 aliphatic heterocycles. The Labute approximate surface area is 258 Å². The molecule has 0 saturated carbocycles. The van der Waals surface area contributed by atoms with E-state index < -0.39 is 21.8 Å². The molecule has 2 aromatic carbocycles. The predicted octanol–water partition coefficient (Wildman–Crippen LogP) is 4.38. The smallest absolute Gasteiger partial charge is 0.338 e. The number of sulfonamides is 1. The molecule has 0 radical (unpaired) electrons. The van der Waals surface area contributed by atoms with Gasteiger partial charge in [-0.1, -0.05) is 31.5 Å². The standard InChI is InChI=1S/C32H40N4O7S/c1-4-9-24-21-35(3)29(30(33)37)28(24)34-31(38)26-20-25(12-13-27(26)42-5-2)44(40,41)36-17-14-22(15-18-36)16-19-43-32(39)23-10-7-6-8-11-23/h6-8,10-13,20-22H,4-5,9,14-19H2,1-3H3,(H2,33,37)(H,34,38). The molecule has 4 rings (SSSR count). The van der Waals surface area contributed by atoms with E-state index in [0.717, 1.165) is 12.0 Å². The van der Waals surface area contributed by atoms with E-state index in [0.29, 0.717) is 50.0 Å². The number of carbonyl (C=O) groups excluding carboxylic acids is 3. The normalized spacial score (nSPS) is 14.2. The summed E-state index contributed by atoms with van der Waals surface area (Å²) in [5.41, 5.74) is 7.35. The van der Waals surface area contributed by atoms with E-state index in [9.17, 15) is 22.8 Å². The summed E-state index contributed by atoms with van der Waals surface area (Å²) < 4.78 is 41.4. The van der Waals surface area contributed by atoms with Crippen LogP contribution in [0.3, 0.4) is 0 Å². The molecule has 1 saturated heterocycles. The maximum absolute atomic E-state index is 13.7. The van der Waals surface area contributed by atoms with Crippen molar-refractivity contribution in [2.45, 2.75) is 50.8 Å². The lowest BCUT2D eigenvalue weighted by Crippen LogP contribution is -2.38. The summed E-state index contributed by atoms with van der Waals surface area (Å²) in [6.07, 6.45) is 5.02. The Morgan fingerprint density at radius 3 is 2.39 bits per heavy atom. The molecule has 236 valence electrons. The number of nitrogens with one attached hydrogen (secondary N) is 1. The highest BCUT2D eigenvalue weighted by Gasteiger charge is 2.31. The van der Waals surface area contributed by atoms with Crippen LogP contribution in [-0.2, 0) is 28.2 Å². The van der Waals surface area contributed by atoms with Gasteiger partial charge in [0.2, 0.25) is 10.0 Å². The van der Waals surface area contributed by atoms with Gasteiger partial charge in [-0.25, -0.2) is 13.2 Å². The Morgan fingerprint density at radius 1 is 1.05 bits per heavy atom. The lowest BCUT2D eigenvalue weighted by molar-refractivity contribution is 0.0472. The predicted molar refractivity (Wildman–Crippen MR) is 166 cm³/mol. The summed E-state index contributed by atoms with van der Waals surface area (Å²) in [5, 5.41) is 2.80. The number of ether oxygens (including phenoxy) is 2. The van der Waals surface area contributed by atoms with Crippen LogP contribution < -0.4 is 15.8 Å². The molecule has 1 aromatic heterocycles. The largest absolute Gasteiger partial charge is 0.493 e. The van der Waals surface area contributed by atoms with Crippen LogP contribution in [0.1, 0.15) is 76.3 Å². The minimum absolute atomic E-state index is 0.0293. The van der Waals surface area contributed by atoms with Crippen LogP contribution in [-0.4, -0.2) is 61.4 Å². The van der Waals surface area contributed by atoms with Gasteiger partial charge in [-0.2, -0.15) is 4.31 Å². The SMILES string of the molecule is CCCc1cn(C)c(C(N)=O)c1NC(=O)c1cc(S(=O)(=O)N2CCC(CCOC(=O)c3ccccc3)CC2)ccc1OCC. The number of esters is 1. The van der Waals surface area contributed by atoms with Gasteiger partial charge in [-0.05, 0) is 74.4 Å². The van der Waals surface area contributed by atoms with Gasteiger partial charge >= 0.3 is 5.97 Å². The lowest BCUT2D eigenvalue weighted by Gasteiger charge is -2.31. The minimum Gasteiger partial charge on any atom is -0.493 e. The fourth-order valence-electron chi connectivity index (χ4n) is 5.46. The van der Waals surface area contributed by atoms with Crippen LogP contribution in [0.4, 0.5) is 5.69 Å². The van der Waals surface area contributed by atoms with Crippen molar-refractivity contribution >= 4 is 33.5 Å². The van der Waals surface area contributed by atoms with Crippen LogP contribution in [0, 0.1) is 5.92 Å². The molecule has 44 heavy (non-hydrogen) atoms. The summed E-state index contributed by atoms with van der Waals surface area (Å²) in [7, 11) is -2.24. The zero-order valence-corrected chi connectivity index (χ0v) is 26.2. The summed E-state index contributed by atoms with van der Waals surface area (Å²) >= 11 is 0. The first kappa shape index (κ1) is 32.7. The molecule has 0 atom stereocenters. The van der Waals surface area contributed by atoms with Gasteiger partial charge in [0.15, 0.2) is 0 Å². The molecule has 0 spiro atoms. The number of nitrogens with zero attached hydrogens (tertiary/aromatic N) is 2. The highest BCUT2D eigenvalue weighted by molar-refractivity contribution is 7.89. The molecule has 2 heterocycles. The molecule has 3 aromatic rings. The van der Waals surface area contributed by atoms with Gasteiger partial charge in [-0.15, -0.1) is 0 Å². The third kappa shape index (κ3) is 7.48. The van der Waals surface area contributed by atoms with Crippen molar-refractivity contribution in [3.05, 3.63) is 77.1 Å². The summed E-state index contributed by atoms with van der Waals surface area (Å²) in [6, 6.07) is 13.0. The van der Waals surface area contributed by atoms with E-state index in [1.54, 1.807) is 49.0 Å². The zero-order valence-electron chi connectivity index (χ0n) is 25.4. The molecule has 1 fully saturated rings. The van der Waals surface area contributed by atoms with E-state index in [-0.39, 0.29) is 47.0 Å². The van der Waals surface area contributed by atoms with Gasteiger partial charge in [0, 0.05) is 26.3 Å². The monoisotopic (exact) mass is 624 g/mol. The molecule has 11 nitrogen and oxygen atoms in total. The zero-order chi connectivity index (χ0) is 31.9. The van der Waals surface area contributed by atoms with Crippen molar-refractivity contribution < 1.29 is 32.3 Å². The van der Waals surface area contributed by atoms with Crippen LogP contribution >= 0.6 is 0 Å². The number of benzene rings is 2. The van der Waals surface area contributed by atoms with Crippen molar-refractivity contribution in [2.75, 3.05) is 31.6 Å². The van der Waals surface area contributed by atoms with E-state index >= 15 is 0 Å². The molecular weight excluding hydrogens is 584 g/mol. The molecule has 0 bridgehead atoms. The fourth-order valence-corrected chi connectivity index (χ4v) is 6.96. The maximum Gasteiger partial charge on any atom is 0.338 e. The summed E-state index contributed by atoms with van der Waals surface area (Å²) in [4.78, 5) is 38.0. The van der Waals surface area contributed by atoms with Gasteiger partial charge in [0.1, 0.15) is 11.4 Å². The van der Waals surface area contributed by atoms with Crippen LogP contribution in [0.25, 0.3) is 0 Å². The van der Waals surface area contributed by atoms with Crippen molar-refractivity contribution in [3.8, 4) is 5.75 Å². The number of hydrogen-bond acceptors (Lipinski definition) is 7. The van der Waals surface area contributed by atoms with Gasteiger partial charge in [0.05, 0.1) is 34.9 Å². The number of primary amides is 1. The second-order valence-corrected chi connectivity index (χ2v) is 12.7. The van der Waals surface area contributed by atoms with E-state index in [2.05, 4.69) is 5.32 Å². The maximum atomic E-state index is 13.7. The van der Waals surface area contributed by atoms with Crippen molar-refractivity contribution in [2.24, 2.45) is 18.7 Å². The number of carbonyl (C=O) groups is 3. The number of nitrogens with two attached hydrogens (primary N) is 1. The van der Waals surface area contributed by atoms with Crippen LogP contribution in [0.5, 0.6) is 5.75 Å². The molecule has 2 amide bonds. The Bertz CT molecular complexity index is 1590. The number of amides is 2. The molecule has 3 N–H and O–H groups in total. The second kappa shape index (κ2) is 14.5. The van der Waals surface area contributed by atoms with Gasteiger partial charge in [-0.3, -0.25) is 9.59 Å². The third-order valence-corrected chi connectivity index (χ3v) is 9.62. The summed E-state index contributed by atoms with van der Waals surface area (Å²) in [6.45, 7) is 4.89. The lowest BCUT2D eigenvalue weighted by atomic mass is 9.95. The number of rotatable bonds is 13. The number of anilines is 1. The van der Waals surface area contributed by atoms with Gasteiger partial charge in [0.25, 0.3) is 11.8 Å². The van der Waals surface area contributed by atoms with Crippen molar-refractivity contribution in [1.82, 2.24) is 8.87 Å². The average Bonchev–Trinajstić information content (AvgIpc) is 3.32. The first-order valence-electron chi connectivity index (χ1n) is 14.8. The van der Waals surface area contributed by atoms with Gasteiger partial charge < -0.3 is 25.1 Å². The highest BCUT2D eigenvalue weighted by Crippen LogP contribution is 2.31. The van der Waals surface area contributed by atoms with E-state index in [4.69, 9.17) is 15.2 Å². The molecule has 12 heteroatoms. The van der Waals surface area contributed by atoms with Crippen LogP contribution in [0.15, 0.2) is 59.6 Å². The average molecular weight is 625 g/mol. The molecule has 0 unspecified atom stereocenters. The quantitative estimate of drug-likeness (QED) is 0.268. The number of hydrogen-bond donors (Lipinski definition) is 2. The first-order valence-corrected chi connectivity index (χ1v) is 16.3. The summed E-state index contributed by atoms with van der Waals surface area (Å²) in [5.74, 6) is -1.24. The second-order valence-electron chi connectivity index (χ2n) is 10.8. The molecular formula is C32H40N4O7S. The molecule has 0 aliphatic carbocycles. The highest BCUT2D eigenvalue weighted by atomic mass is 32.2. The van der Waals surface area contributed by atoms with E-state index in [1.165, 1.54) is 22.5 Å². The topological polar surface area (TPSA) is 150 Å². The minimum atomic E-state index is -3.92.